The highest BCUT2D eigenvalue weighted by Crippen LogP contribution is 2.20. The van der Waals surface area contributed by atoms with E-state index < -0.39 is 0 Å². The summed E-state index contributed by atoms with van der Waals surface area (Å²) in [5, 5.41) is 16.5. The van der Waals surface area contributed by atoms with Crippen molar-refractivity contribution in [3.05, 3.63) is 89.7 Å². The quantitative estimate of drug-likeness (QED) is 0.312. The summed E-state index contributed by atoms with van der Waals surface area (Å²) in [7, 11) is 1.60. The summed E-state index contributed by atoms with van der Waals surface area (Å²) in [5.41, 5.74) is 3.92. The minimum atomic E-state index is -0.164. The zero-order chi connectivity index (χ0) is 20.1. The first-order chi connectivity index (χ1) is 13.5. The SMILES string of the molecule is COc1ccc(/C([O-])=C(/C(=S)Nc2cccc(C)c2)[n+]2cccc(C)c2)cc1. The minimum Gasteiger partial charge on any atom is -0.867 e. The lowest BCUT2D eigenvalue weighted by molar-refractivity contribution is -0.578. The fraction of sp³-hybridized carbons (Fsp3) is 0.130. The van der Waals surface area contributed by atoms with Crippen LogP contribution in [0.15, 0.2) is 73.1 Å². The van der Waals surface area contributed by atoms with Crippen molar-refractivity contribution in [3.63, 3.8) is 0 Å². The van der Waals surface area contributed by atoms with Gasteiger partial charge in [0.25, 0.3) is 0 Å². The molecule has 0 fully saturated rings. The van der Waals surface area contributed by atoms with Gasteiger partial charge in [-0.2, -0.15) is 4.57 Å². The molecule has 0 unspecified atom stereocenters. The van der Waals surface area contributed by atoms with Crippen molar-refractivity contribution in [2.45, 2.75) is 13.8 Å². The van der Waals surface area contributed by atoms with E-state index >= 15 is 0 Å². The van der Waals surface area contributed by atoms with Crippen LogP contribution in [0, 0.1) is 13.8 Å². The molecule has 0 saturated heterocycles. The number of benzene rings is 2. The van der Waals surface area contributed by atoms with Crippen molar-refractivity contribution in [3.8, 4) is 5.75 Å². The molecular weight excluding hydrogens is 368 g/mol. The summed E-state index contributed by atoms with van der Waals surface area (Å²) >= 11 is 5.64. The predicted octanol–water partition coefficient (Wildman–Crippen LogP) is 3.73. The molecule has 0 radical (unpaired) electrons. The van der Waals surface area contributed by atoms with E-state index in [1.165, 1.54) is 0 Å². The average Bonchev–Trinajstić information content (AvgIpc) is 2.68. The molecule has 3 aromatic rings. The van der Waals surface area contributed by atoms with E-state index in [2.05, 4.69) is 5.32 Å². The third-order valence-corrected chi connectivity index (χ3v) is 4.56. The van der Waals surface area contributed by atoms with E-state index in [1.54, 1.807) is 35.9 Å². The Labute approximate surface area is 170 Å². The second-order valence-corrected chi connectivity index (χ2v) is 6.93. The highest BCUT2D eigenvalue weighted by atomic mass is 32.1. The largest absolute Gasteiger partial charge is 0.867 e. The van der Waals surface area contributed by atoms with Gasteiger partial charge in [0.15, 0.2) is 17.4 Å². The Morgan fingerprint density at radius 1 is 1.00 bits per heavy atom. The first-order valence-electron chi connectivity index (χ1n) is 8.90. The standard InChI is InChI=1S/C23H22N2O2S/c1-16-6-4-8-19(14-16)24-23(28)21(25-13-5-7-17(2)15-25)22(26)18-9-11-20(27-3)12-10-18/h4-15H,1-3H3,(H-,24,26,28). The molecule has 0 aliphatic carbocycles. The molecule has 0 aliphatic rings. The van der Waals surface area contributed by atoms with Gasteiger partial charge >= 0.3 is 0 Å². The number of rotatable bonds is 5. The van der Waals surface area contributed by atoms with Crippen molar-refractivity contribution in [2.24, 2.45) is 0 Å². The number of anilines is 1. The van der Waals surface area contributed by atoms with Crippen LogP contribution in [-0.4, -0.2) is 12.1 Å². The molecule has 0 aliphatic heterocycles. The van der Waals surface area contributed by atoms with Crippen molar-refractivity contribution in [1.29, 1.82) is 0 Å². The molecule has 28 heavy (non-hydrogen) atoms. The topological polar surface area (TPSA) is 48.2 Å². The number of pyridine rings is 1. The fourth-order valence-electron chi connectivity index (χ4n) is 2.86. The van der Waals surface area contributed by atoms with Crippen LogP contribution in [0.1, 0.15) is 16.7 Å². The molecule has 5 heteroatoms. The monoisotopic (exact) mass is 390 g/mol. The first-order valence-corrected chi connectivity index (χ1v) is 9.31. The summed E-state index contributed by atoms with van der Waals surface area (Å²) in [6, 6.07) is 18.8. The molecule has 142 valence electrons. The number of thiocarbonyl (C=S) groups is 1. The van der Waals surface area contributed by atoms with Crippen molar-refractivity contribution < 1.29 is 14.4 Å². The lowest BCUT2D eigenvalue weighted by Gasteiger charge is -2.17. The molecule has 0 amide bonds. The van der Waals surface area contributed by atoms with Gasteiger partial charge in [-0.3, -0.25) is 0 Å². The van der Waals surface area contributed by atoms with Gasteiger partial charge < -0.3 is 15.2 Å². The maximum atomic E-state index is 13.3. The molecule has 0 saturated carbocycles. The van der Waals surface area contributed by atoms with E-state index in [1.807, 2.05) is 62.6 Å². The lowest BCUT2D eigenvalue weighted by Crippen LogP contribution is -2.40. The van der Waals surface area contributed by atoms with Crippen LogP contribution in [0.25, 0.3) is 11.5 Å². The third kappa shape index (κ3) is 4.56. The summed E-state index contributed by atoms with van der Waals surface area (Å²) in [6.07, 6.45) is 3.72. The Bertz CT molecular complexity index is 1030. The van der Waals surface area contributed by atoms with Crippen molar-refractivity contribution in [2.75, 3.05) is 12.4 Å². The van der Waals surface area contributed by atoms with Crippen molar-refractivity contribution in [1.82, 2.24) is 0 Å². The average molecular weight is 391 g/mol. The lowest BCUT2D eigenvalue weighted by atomic mass is 10.1. The minimum absolute atomic E-state index is 0.164. The van der Waals surface area contributed by atoms with Crippen LogP contribution in [0.4, 0.5) is 5.69 Å². The maximum absolute atomic E-state index is 13.3. The highest BCUT2D eigenvalue weighted by Gasteiger charge is 2.19. The Balaban J connectivity index is 2.07. The number of nitrogens with zero attached hydrogens (tertiary/aromatic N) is 1. The molecular formula is C23H22N2O2S. The van der Waals surface area contributed by atoms with Gasteiger partial charge in [0.05, 0.1) is 7.11 Å². The van der Waals surface area contributed by atoms with E-state index in [-0.39, 0.29) is 5.76 Å². The van der Waals surface area contributed by atoms with Crippen LogP contribution in [0.5, 0.6) is 5.75 Å². The van der Waals surface area contributed by atoms with E-state index in [0.717, 1.165) is 16.8 Å². The van der Waals surface area contributed by atoms with Crippen LogP contribution in [0.2, 0.25) is 0 Å². The third-order valence-electron chi connectivity index (χ3n) is 4.27. The Kier molecular flexibility index (Phi) is 6.06. The van der Waals surface area contributed by atoms with Crippen LogP contribution in [0.3, 0.4) is 0 Å². The second-order valence-electron chi connectivity index (χ2n) is 6.52. The van der Waals surface area contributed by atoms with Gasteiger partial charge in [-0.05, 0) is 61.1 Å². The summed E-state index contributed by atoms with van der Waals surface area (Å²) in [6.45, 7) is 3.99. The zero-order valence-electron chi connectivity index (χ0n) is 16.1. The molecule has 0 bridgehead atoms. The summed E-state index contributed by atoms with van der Waals surface area (Å²) in [4.78, 5) is 0.363. The smallest absolute Gasteiger partial charge is 0.238 e. The number of ether oxygens (including phenoxy) is 1. The number of aryl methyl sites for hydroxylation is 2. The molecule has 1 N–H and O–H groups in total. The van der Waals surface area contributed by atoms with Gasteiger partial charge in [0.2, 0.25) is 5.70 Å². The van der Waals surface area contributed by atoms with E-state index in [9.17, 15) is 5.11 Å². The Morgan fingerprint density at radius 3 is 2.36 bits per heavy atom. The summed E-state index contributed by atoms with van der Waals surface area (Å²) < 4.78 is 6.96. The molecule has 2 aromatic carbocycles. The molecule has 3 rings (SSSR count). The molecule has 0 spiro atoms. The summed E-state index contributed by atoms with van der Waals surface area (Å²) in [5.74, 6) is 0.533. The Hall–Kier alpha value is -3.18. The number of hydrogen-bond donors (Lipinski definition) is 1. The van der Waals surface area contributed by atoms with Crippen molar-refractivity contribution >= 4 is 34.3 Å². The maximum Gasteiger partial charge on any atom is 0.238 e. The van der Waals surface area contributed by atoms with E-state index in [0.29, 0.717) is 22.0 Å². The van der Waals surface area contributed by atoms with E-state index in [4.69, 9.17) is 17.0 Å². The number of methoxy groups -OCH3 is 1. The fourth-order valence-corrected chi connectivity index (χ4v) is 3.18. The van der Waals surface area contributed by atoms with Crippen LogP contribution < -0.4 is 19.7 Å². The van der Waals surface area contributed by atoms with Gasteiger partial charge in [-0.1, -0.05) is 36.5 Å². The van der Waals surface area contributed by atoms with Gasteiger partial charge in [0.1, 0.15) is 5.75 Å². The highest BCUT2D eigenvalue weighted by molar-refractivity contribution is 7.81. The number of nitrogens with one attached hydrogen (secondary N) is 1. The van der Waals surface area contributed by atoms with Gasteiger partial charge in [0, 0.05) is 17.3 Å². The van der Waals surface area contributed by atoms with Crippen LogP contribution >= 0.6 is 12.2 Å². The number of aromatic nitrogens is 1. The molecule has 1 heterocycles. The predicted molar refractivity (Wildman–Crippen MR) is 115 cm³/mol. The normalized spacial score (nSPS) is 11.5. The molecule has 0 atom stereocenters. The second kappa shape index (κ2) is 8.67. The Morgan fingerprint density at radius 2 is 1.71 bits per heavy atom. The molecule has 1 aromatic heterocycles. The molecule has 4 nitrogen and oxygen atoms in total. The zero-order valence-corrected chi connectivity index (χ0v) is 16.9. The van der Waals surface area contributed by atoms with Crippen LogP contribution in [-0.2, 0) is 0 Å². The number of hydrogen-bond acceptors (Lipinski definition) is 3. The van der Waals surface area contributed by atoms with Gasteiger partial charge in [-0.25, -0.2) is 0 Å². The first kappa shape index (κ1) is 19.6. The van der Waals surface area contributed by atoms with Gasteiger partial charge in [-0.15, -0.1) is 0 Å².